The predicted molar refractivity (Wildman–Crippen MR) is 138 cm³/mol. The van der Waals surface area contributed by atoms with Gasteiger partial charge in [0.2, 0.25) is 5.88 Å². The lowest BCUT2D eigenvalue weighted by molar-refractivity contribution is -0.137. The molecule has 3 heterocycles. The minimum absolute atomic E-state index is 0.0267. The fourth-order valence-corrected chi connectivity index (χ4v) is 4.03. The highest BCUT2D eigenvalue weighted by Crippen LogP contribution is 2.38. The molecule has 0 bridgehead atoms. The van der Waals surface area contributed by atoms with Gasteiger partial charge in [0, 0.05) is 18.8 Å². The maximum atomic E-state index is 13.3. The minimum atomic E-state index is -4.66. The van der Waals surface area contributed by atoms with E-state index in [-0.39, 0.29) is 35.2 Å². The molecule has 0 saturated heterocycles. The zero-order valence-electron chi connectivity index (χ0n) is 23.4. The maximum Gasteiger partial charge on any atom is 0.425 e. The zero-order chi connectivity index (χ0) is 30.3. The summed E-state index contributed by atoms with van der Waals surface area (Å²) in [5.41, 5.74) is -2.91. The van der Waals surface area contributed by atoms with E-state index in [1.807, 2.05) is 0 Å². The van der Waals surface area contributed by atoms with E-state index >= 15 is 0 Å². The Bertz CT molecular complexity index is 1410. The second kappa shape index (κ2) is 10.8. The SMILES string of the molecule is CC(C)(C)OC(=O)N(C(=O)OC(C)(C)C)c1ncnc2c1c(Oc1cc(C(F)(F)F)ccn1)nn2CC1CC(O)C1. The monoisotopic (exact) mass is 580 g/mol. The number of pyridine rings is 1. The molecule has 41 heavy (non-hydrogen) atoms. The van der Waals surface area contributed by atoms with E-state index in [1.54, 1.807) is 41.5 Å². The fraction of sp³-hybridized carbons (Fsp3) is 0.538. The number of aromatic nitrogens is 5. The van der Waals surface area contributed by atoms with Gasteiger partial charge in [0.05, 0.1) is 11.7 Å². The van der Waals surface area contributed by atoms with Gasteiger partial charge in [-0.05, 0) is 66.4 Å². The van der Waals surface area contributed by atoms with E-state index in [2.05, 4.69) is 20.1 Å². The average Bonchev–Trinajstić information content (AvgIpc) is 3.13. The Hall–Kier alpha value is -4.01. The van der Waals surface area contributed by atoms with Crippen LogP contribution < -0.4 is 9.64 Å². The highest BCUT2D eigenvalue weighted by atomic mass is 19.4. The number of ether oxygens (including phenoxy) is 3. The molecule has 1 aliphatic rings. The Morgan fingerprint density at radius 3 is 2.17 bits per heavy atom. The fourth-order valence-electron chi connectivity index (χ4n) is 4.03. The van der Waals surface area contributed by atoms with E-state index in [1.165, 1.54) is 4.68 Å². The second-order valence-electron chi connectivity index (χ2n) is 11.7. The van der Waals surface area contributed by atoms with Crippen molar-refractivity contribution in [2.45, 2.75) is 84.4 Å². The van der Waals surface area contributed by atoms with Crippen molar-refractivity contribution in [3.05, 3.63) is 30.2 Å². The first-order chi connectivity index (χ1) is 18.9. The number of carbonyl (C=O) groups is 2. The molecule has 0 aromatic carbocycles. The Morgan fingerprint density at radius 2 is 1.63 bits per heavy atom. The molecule has 3 aromatic heterocycles. The quantitative estimate of drug-likeness (QED) is 0.412. The van der Waals surface area contributed by atoms with Gasteiger partial charge in [-0.25, -0.2) is 29.2 Å². The van der Waals surface area contributed by atoms with Crippen molar-refractivity contribution in [3.8, 4) is 11.8 Å². The number of amides is 2. The topological polar surface area (TPSA) is 142 Å². The van der Waals surface area contributed by atoms with Crippen LogP contribution in [0.15, 0.2) is 24.7 Å². The molecule has 0 unspecified atom stereocenters. The lowest BCUT2D eigenvalue weighted by atomic mass is 9.82. The third-order valence-corrected chi connectivity index (χ3v) is 5.75. The van der Waals surface area contributed by atoms with Crippen LogP contribution in [0, 0.1) is 5.92 Å². The summed E-state index contributed by atoms with van der Waals surface area (Å²) in [7, 11) is 0. The molecule has 15 heteroatoms. The van der Waals surface area contributed by atoms with Crippen LogP contribution in [0.3, 0.4) is 0 Å². The third kappa shape index (κ3) is 7.20. The molecule has 1 fully saturated rings. The highest BCUT2D eigenvalue weighted by molar-refractivity contribution is 6.14. The number of aliphatic hydroxyl groups excluding tert-OH is 1. The maximum absolute atomic E-state index is 13.3. The summed E-state index contributed by atoms with van der Waals surface area (Å²) in [4.78, 5) is 39.5. The molecular weight excluding hydrogens is 549 g/mol. The lowest BCUT2D eigenvalue weighted by Crippen LogP contribution is -2.44. The van der Waals surface area contributed by atoms with Crippen LogP contribution in [0.2, 0.25) is 0 Å². The number of hydrogen-bond acceptors (Lipinski definition) is 10. The van der Waals surface area contributed by atoms with Gasteiger partial charge >= 0.3 is 18.4 Å². The zero-order valence-corrected chi connectivity index (χ0v) is 23.4. The molecule has 1 saturated carbocycles. The van der Waals surface area contributed by atoms with Crippen molar-refractivity contribution in [2.24, 2.45) is 5.92 Å². The Balaban J connectivity index is 1.87. The molecule has 0 spiro atoms. The summed E-state index contributed by atoms with van der Waals surface area (Å²) >= 11 is 0. The van der Waals surface area contributed by atoms with Crippen molar-refractivity contribution in [3.63, 3.8) is 0 Å². The van der Waals surface area contributed by atoms with Crippen molar-refractivity contribution in [1.82, 2.24) is 24.7 Å². The number of anilines is 1. The van der Waals surface area contributed by atoms with Gasteiger partial charge < -0.3 is 19.3 Å². The molecule has 1 N–H and O–H groups in total. The predicted octanol–water partition coefficient (Wildman–Crippen LogP) is 5.48. The van der Waals surface area contributed by atoms with Gasteiger partial charge in [0.1, 0.15) is 22.9 Å². The van der Waals surface area contributed by atoms with E-state index < -0.39 is 47.1 Å². The van der Waals surface area contributed by atoms with Crippen LogP contribution in [0.25, 0.3) is 11.0 Å². The van der Waals surface area contributed by atoms with E-state index in [0.29, 0.717) is 23.8 Å². The van der Waals surface area contributed by atoms with E-state index in [0.717, 1.165) is 18.6 Å². The van der Waals surface area contributed by atoms with Gasteiger partial charge in [0.15, 0.2) is 11.5 Å². The molecule has 0 radical (unpaired) electrons. The average molecular weight is 581 g/mol. The normalized spacial score (nSPS) is 17.6. The summed E-state index contributed by atoms with van der Waals surface area (Å²) in [6.07, 6.45) is -4.32. The summed E-state index contributed by atoms with van der Waals surface area (Å²) in [5, 5.41) is 14.1. The smallest absolute Gasteiger partial charge is 0.425 e. The van der Waals surface area contributed by atoms with Gasteiger partial charge in [0.25, 0.3) is 5.88 Å². The number of halogens is 3. The van der Waals surface area contributed by atoms with Crippen LogP contribution in [-0.2, 0) is 22.2 Å². The molecular formula is C26H31F3N6O6. The molecule has 2 amide bonds. The summed E-state index contributed by atoms with van der Waals surface area (Å²) in [5.74, 6) is -1.04. The molecule has 12 nitrogen and oxygen atoms in total. The van der Waals surface area contributed by atoms with Crippen molar-refractivity contribution >= 4 is 29.0 Å². The van der Waals surface area contributed by atoms with Crippen LogP contribution >= 0.6 is 0 Å². The first kappa shape index (κ1) is 30.0. The van der Waals surface area contributed by atoms with Crippen LogP contribution in [0.4, 0.5) is 28.6 Å². The molecule has 1 aliphatic carbocycles. The Labute approximate surface area is 233 Å². The third-order valence-electron chi connectivity index (χ3n) is 5.75. The number of nitrogens with zero attached hydrogens (tertiary/aromatic N) is 6. The lowest BCUT2D eigenvalue weighted by Gasteiger charge is -2.31. The number of carbonyl (C=O) groups excluding carboxylic acids is 2. The van der Waals surface area contributed by atoms with Gasteiger partial charge in [-0.15, -0.1) is 5.10 Å². The van der Waals surface area contributed by atoms with Crippen molar-refractivity contribution < 1.29 is 42.1 Å². The molecule has 222 valence electrons. The summed E-state index contributed by atoms with van der Waals surface area (Å²) in [6.45, 7) is 9.89. The van der Waals surface area contributed by atoms with Gasteiger partial charge in [-0.2, -0.15) is 18.1 Å². The number of alkyl halides is 3. The summed E-state index contributed by atoms with van der Waals surface area (Å²) < 4.78 is 58.1. The van der Waals surface area contributed by atoms with Crippen LogP contribution in [0.1, 0.15) is 59.9 Å². The summed E-state index contributed by atoms with van der Waals surface area (Å²) in [6, 6.07) is 1.48. The van der Waals surface area contributed by atoms with Crippen LogP contribution in [-0.4, -0.2) is 59.3 Å². The molecule has 0 aliphatic heterocycles. The first-order valence-corrected chi connectivity index (χ1v) is 12.8. The van der Waals surface area contributed by atoms with E-state index in [4.69, 9.17) is 14.2 Å². The second-order valence-corrected chi connectivity index (χ2v) is 11.7. The number of rotatable bonds is 5. The number of aliphatic hydroxyl groups is 1. The highest BCUT2D eigenvalue weighted by Gasteiger charge is 2.38. The van der Waals surface area contributed by atoms with Crippen molar-refractivity contribution in [2.75, 3.05) is 4.90 Å². The minimum Gasteiger partial charge on any atom is -0.443 e. The van der Waals surface area contributed by atoms with E-state index in [9.17, 15) is 27.9 Å². The number of imide groups is 1. The molecule has 3 aromatic rings. The standard InChI is InChI=1S/C26H31F3N6O6/c1-24(2,3)40-22(37)35(23(38)41-25(4,5)6)20-18-19(31-13-32-20)34(12-14-9-16(36)10-14)33-21(18)39-17-11-15(7-8-30-17)26(27,28)29/h7-8,11,13-14,16,36H,9-10,12H2,1-6H3. The number of fused-ring (bicyclic) bond motifs is 1. The Morgan fingerprint density at radius 1 is 1.02 bits per heavy atom. The molecule has 4 rings (SSSR count). The largest absolute Gasteiger partial charge is 0.443 e. The number of hydrogen-bond donors (Lipinski definition) is 1. The molecule has 0 atom stereocenters. The van der Waals surface area contributed by atoms with Gasteiger partial charge in [-0.1, -0.05) is 0 Å². The Kier molecular flexibility index (Phi) is 7.86. The van der Waals surface area contributed by atoms with Crippen LogP contribution in [0.5, 0.6) is 11.8 Å². The van der Waals surface area contributed by atoms with Gasteiger partial charge in [-0.3, -0.25) is 0 Å². The van der Waals surface area contributed by atoms with Crippen molar-refractivity contribution in [1.29, 1.82) is 0 Å². The first-order valence-electron chi connectivity index (χ1n) is 12.8.